The summed E-state index contributed by atoms with van der Waals surface area (Å²) in [4.78, 5) is 24.6. The van der Waals surface area contributed by atoms with Crippen LogP contribution < -0.4 is 25.8 Å². The van der Waals surface area contributed by atoms with Crippen molar-refractivity contribution in [3.63, 3.8) is 0 Å². The van der Waals surface area contributed by atoms with Gasteiger partial charge in [-0.15, -0.1) is 0 Å². The lowest BCUT2D eigenvalue weighted by Crippen LogP contribution is -2.47. The molecule has 8 nitrogen and oxygen atoms in total. The van der Waals surface area contributed by atoms with Gasteiger partial charge in [-0.05, 0) is 43.2 Å². The fourth-order valence-corrected chi connectivity index (χ4v) is 4.04. The molecule has 0 spiro atoms. The normalized spacial score (nSPS) is 19.1. The summed E-state index contributed by atoms with van der Waals surface area (Å²) in [6.07, 6.45) is 2.51. The molecule has 2 aromatic rings. The van der Waals surface area contributed by atoms with Gasteiger partial charge in [0.1, 0.15) is 0 Å². The van der Waals surface area contributed by atoms with Crippen molar-refractivity contribution in [3.05, 3.63) is 54.0 Å². The van der Waals surface area contributed by atoms with Gasteiger partial charge in [0.15, 0.2) is 17.6 Å². The van der Waals surface area contributed by atoms with E-state index in [1.54, 1.807) is 12.3 Å². The molecule has 1 aromatic carbocycles. The van der Waals surface area contributed by atoms with Gasteiger partial charge in [-0.25, -0.2) is 14.4 Å². The Morgan fingerprint density at radius 1 is 1.25 bits per heavy atom. The van der Waals surface area contributed by atoms with Crippen LogP contribution in [0.1, 0.15) is 18.9 Å². The number of nitrogens with one attached hydrogen (secondary N) is 3. The number of amides is 1. The number of hydrogen-bond acceptors (Lipinski definition) is 5. The first-order valence-electron chi connectivity index (χ1n) is 11.1. The molecule has 0 aliphatic carbocycles. The van der Waals surface area contributed by atoms with Crippen molar-refractivity contribution in [2.45, 2.75) is 25.9 Å². The second-order valence-electron chi connectivity index (χ2n) is 8.02. The van der Waals surface area contributed by atoms with Gasteiger partial charge in [-0.2, -0.15) is 0 Å². The van der Waals surface area contributed by atoms with E-state index in [0.717, 1.165) is 43.3 Å². The molecule has 2 aliphatic heterocycles. The number of rotatable bonds is 6. The number of carbonyl (C=O) groups is 1. The monoisotopic (exact) mass is 439 g/mol. The Kier molecular flexibility index (Phi) is 7.03. The molecule has 2 aliphatic rings. The molecular weight excluding hydrogens is 409 g/mol. The molecule has 2 saturated heterocycles. The number of aromatic nitrogens is 1. The highest BCUT2D eigenvalue weighted by Crippen LogP contribution is 2.21. The first-order chi connectivity index (χ1) is 15.6. The van der Waals surface area contributed by atoms with Crippen LogP contribution in [-0.2, 0) is 11.3 Å². The summed E-state index contributed by atoms with van der Waals surface area (Å²) in [6, 6.07) is 11.4. The minimum atomic E-state index is -0.289. The second kappa shape index (κ2) is 10.3. The average Bonchev–Trinajstić information content (AvgIpc) is 3.26. The summed E-state index contributed by atoms with van der Waals surface area (Å²) < 4.78 is 14.0. The Balaban J connectivity index is 1.34. The molecule has 1 atom stereocenters. The molecule has 32 heavy (non-hydrogen) atoms. The minimum Gasteiger partial charge on any atom is -0.360 e. The van der Waals surface area contributed by atoms with Crippen LogP contribution in [0.4, 0.5) is 15.9 Å². The largest absolute Gasteiger partial charge is 0.360 e. The summed E-state index contributed by atoms with van der Waals surface area (Å²) >= 11 is 0. The standard InChI is InChI=1S/C23H30FN7O/c1-2-25-23(29-18-9-12-31(15-18)22-20(24)4-3-10-27-22)28-14-17-5-7-19(8-6-17)30-13-11-26-21(32)16-30/h3-8,10,18H,2,9,11-16H2,1H3,(H,26,32)(H2,25,28,29). The Labute approximate surface area is 187 Å². The predicted molar refractivity (Wildman–Crippen MR) is 124 cm³/mol. The molecule has 9 heteroatoms. The highest BCUT2D eigenvalue weighted by Gasteiger charge is 2.26. The molecule has 0 saturated carbocycles. The van der Waals surface area contributed by atoms with E-state index in [4.69, 9.17) is 4.99 Å². The van der Waals surface area contributed by atoms with Crippen LogP contribution in [-0.4, -0.2) is 62.2 Å². The number of nitrogens with zero attached hydrogens (tertiary/aromatic N) is 4. The second-order valence-corrected chi connectivity index (χ2v) is 8.02. The third kappa shape index (κ3) is 5.46. The molecule has 0 radical (unpaired) electrons. The van der Waals surface area contributed by atoms with Crippen LogP contribution in [0.2, 0.25) is 0 Å². The first-order valence-corrected chi connectivity index (χ1v) is 11.1. The number of aliphatic imine (C=N–C) groups is 1. The number of benzene rings is 1. The highest BCUT2D eigenvalue weighted by molar-refractivity contribution is 5.82. The minimum absolute atomic E-state index is 0.0579. The van der Waals surface area contributed by atoms with Crippen molar-refractivity contribution in [2.75, 3.05) is 49.1 Å². The van der Waals surface area contributed by atoms with Crippen molar-refractivity contribution in [1.82, 2.24) is 20.9 Å². The Bertz CT molecular complexity index is 950. The SMILES string of the molecule is CCNC(=NCc1ccc(N2CCNC(=O)C2)cc1)NC1CCN(c2ncccc2F)C1. The van der Waals surface area contributed by atoms with Crippen molar-refractivity contribution in [1.29, 1.82) is 0 Å². The van der Waals surface area contributed by atoms with E-state index in [1.807, 2.05) is 24.0 Å². The molecule has 2 fully saturated rings. The molecule has 1 unspecified atom stereocenters. The summed E-state index contributed by atoms with van der Waals surface area (Å²) in [5, 5.41) is 9.61. The van der Waals surface area contributed by atoms with E-state index in [-0.39, 0.29) is 17.8 Å². The number of anilines is 2. The number of guanidine groups is 1. The maximum absolute atomic E-state index is 14.0. The smallest absolute Gasteiger partial charge is 0.239 e. The van der Waals surface area contributed by atoms with E-state index >= 15 is 0 Å². The third-order valence-corrected chi connectivity index (χ3v) is 5.67. The Morgan fingerprint density at radius 2 is 2.09 bits per heavy atom. The predicted octanol–water partition coefficient (Wildman–Crippen LogP) is 1.49. The highest BCUT2D eigenvalue weighted by atomic mass is 19.1. The quantitative estimate of drug-likeness (QED) is 0.467. The van der Waals surface area contributed by atoms with Crippen LogP contribution in [0.5, 0.6) is 0 Å². The Morgan fingerprint density at radius 3 is 2.84 bits per heavy atom. The average molecular weight is 440 g/mol. The van der Waals surface area contributed by atoms with Crippen LogP contribution in [0.3, 0.4) is 0 Å². The van der Waals surface area contributed by atoms with E-state index in [9.17, 15) is 9.18 Å². The molecule has 4 rings (SSSR count). The molecular formula is C23H30FN7O. The maximum atomic E-state index is 14.0. The molecule has 3 N–H and O–H groups in total. The summed E-state index contributed by atoms with van der Waals surface area (Å²) in [5.74, 6) is 0.924. The zero-order valence-corrected chi connectivity index (χ0v) is 18.4. The van der Waals surface area contributed by atoms with Crippen molar-refractivity contribution >= 4 is 23.4 Å². The van der Waals surface area contributed by atoms with Crippen molar-refractivity contribution < 1.29 is 9.18 Å². The molecule has 1 amide bonds. The first kappa shape index (κ1) is 21.9. The molecule has 1 aromatic heterocycles. The molecule has 170 valence electrons. The fourth-order valence-electron chi connectivity index (χ4n) is 4.04. The van der Waals surface area contributed by atoms with Gasteiger partial charge in [0.05, 0.1) is 13.1 Å². The summed E-state index contributed by atoms with van der Waals surface area (Å²) in [5.41, 5.74) is 2.14. The van der Waals surface area contributed by atoms with Gasteiger partial charge in [-0.1, -0.05) is 12.1 Å². The van der Waals surface area contributed by atoms with Crippen molar-refractivity contribution in [2.24, 2.45) is 4.99 Å². The number of hydrogen-bond donors (Lipinski definition) is 3. The summed E-state index contributed by atoms with van der Waals surface area (Å²) in [7, 11) is 0. The van der Waals surface area contributed by atoms with Crippen LogP contribution >= 0.6 is 0 Å². The van der Waals surface area contributed by atoms with Gasteiger partial charge in [-0.3, -0.25) is 4.79 Å². The van der Waals surface area contributed by atoms with Crippen LogP contribution in [0.25, 0.3) is 0 Å². The lowest BCUT2D eigenvalue weighted by atomic mass is 10.2. The van der Waals surface area contributed by atoms with Gasteiger partial charge in [0.2, 0.25) is 5.91 Å². The number of carbonyl (C=O) groups excluding carboxylic acids is 1. The van der Waals surface area contributed by atoms with Crippen molar-refractivity contribution in [3.8, 4) is 0 Å². The summed E-state index contributed by atoms with van der Waals surface area (Å²) in [6.45, 7) is 6.65. The van der Waals surface area contributed by atoms with Gasteiger partial charge in [0.25, 0.3) is 0 Å². The number of pyridine rings is 1. The number of piperazine rings is 1. The molecule has 3 heterocycles. The zero-order chi connectivity index (χ0) is 22.3. The topological polar surface area (TPSA) is 84.9 Å². The maximum Gasteiger partial charge on any atom is 0.239 e. The van der Waals surface area contributed by atoms with Crippen LogP contribution in [0.15, 0.2) is 47.6 Å². The van der Waals surface area contributed by atoms with Gasteiger partial charge in [0, 0.05) is 50.6 Å². The van der Waals surface area contributed by atoms with E-state index in [1.165, 1.54) is 6.07 Å². The fraction of sp³-hybridized carbons (Fsp3) is 0.435. The van der Waals surface area contributed by atoms with Crippen LogP contribution in [0, 0.1) is 5.82 Å². The van der Waals surface area contributed by atoms with E-state index in [0.29, 0.717) is 32.0 Å². The van der Waals surface area contributed by atoms with Gasteiger partial charge < -0.3 is 25.8 Å². The lowest BCUT2D eigenvalue weighted by molar-refractivity contribution is -0.120. The third-order valence-electron chi connectivity index (χ3n) is 5.67. The zero-order valence-electron chi connectivity index (χ0n) is 18.4. The number of halogens is 1. The van der Waals surface area contributed by atoms with E-state index in [2.05, 4.69) is 38.0 Å². The van der Waals surface area contributed by atoms with Gasteiger partial charge >= 0.3 is 0 Å². The van der Waals surface area contributed by atoms with E-state index < -0.39 is 0 Å². The Hall–Kier alpha value is -3.36. The molecule has 0 bridgehead atoms. The lowest BCUT2D eigenvalue weighted by Gasteiger charge is -2.28.